The van der Waals surface area contributed by atoms with E-state index < -0.39 is 0 Å². The molecule has 0 N–H and O–H groups in total. The molecule has 0 saturated carbocycles. The molecule has 0 unspecified atom stereocenters. The Morgan fingerprint density at radius 3 is 2.00 bits per heavy atom. The molecule has 0 amide bonds. The first kappa shape index (κ1) is 11.2. The fourth-order valence-corrected chi connectivity index (χ4v) is 1.97. The van der Waals surface area contributed by atoms with Crippen LogP contribution < -0.4 is 0 Å². The number of rotatable bonds is 2. The van der Waals surface area contributed by atoms with Gasteiger partial charge in [0, 0.05) is 14.8 Å². The fourth-order valence-electron chi connectivity index (χ4n) is 1.21. The van der Waals surface area contributed by atoms with Crippen LogP contribution in [0.1, 0.15) is 19.4 Å². The van der Waals surface area contributed by atoms with Gasteiger partial charge in [-0.3, -0.25) is 0 Å². The van der Waals surface area contributed by atoms with Gasteiger partial charge in [-0.2, -0.15) is 12.6 Å². The summed E-state index contributed by atoms with van der Waals surface area (Å²) in [6, 6.07) is 5.58. The molecule has 0 nitrogen and oxygen atoms in total. The Hall–Kier alpha value is 0.150. The molecule has 0 spiro atoms. The molecule has 0 saturated heterocycles. The summed E-state index contributed by atoms with van der Waals surface area (Å²) in [6.07, 6.45) is 0.858. The predicted octanol–water partition coefficient (Wildman–Crippen LogP) is 4.24. The maximum atomic E-state index is 5.87. The molecule has 0 radical (unpaired) electrons. The van der Waals surface area contributed by atoms with E-state index in [0.717, 1.165) is 12.0 Å². The molecule has 1 rings (SSSR count). The second kappa shape index (κ2) is 4.12. The Labute approximate surface area is 94.7 Å². The standard InChI is InChI=1S/C10H12Cl2S/c1-10(2,13)6-7-3-8(11)5-9(12)4-7/h3-5,13H,6H2,1-2H3. The zero-order chi connectivity index (χ0) is 10.1. The van der Waals surface area contributed by atoms with Crippen LogP contribution in [-0.2, 0) is 6.42 Å². The molecule has 1 aromatic carbocycles. The fraction of sp³-hybridized carbons (Fsp3) is 0.400. The largest absolute Gasteiger partial charge is 0.173 e. The van der Waals surface area contributed by atoms with Crippen LogP contribution >= 0.6 is 35.8 Å². The molecule has 72 valence electrons. The molecule has 3 heteroatoms. The van der Waals surface area contributed by atoms with Crippen molar-refractivity contribution in [3.63, 3.8) is 0 Å². The highest BCUT2D eigenvalue weighted by molar-refractivity contribution is 7.81. The first-order chi connectivity index (χ1) is 5.87. The monoisotopic (exact) mass is 234 g/mol. The van der Waals surface area contributed by atoms with Crippen molar-refractivity contribution in [1.29, 1.82) is 0 Å². The van der Waals surface area contributed by atoms with E-state index >= 15 is 0 Å². The van der Waals surface area contributed by atoms with Crippen LogP contribution in [0.4, 0.5) is 0 Å². The summed E-state index contributed by atoms with van der Waals surface area (Å²) in [5.74, 6) is 0. The van der Waals surface area contributed by atoms with Gasteiger partial charge in [0.2, 0.25) is 0 Å². The zero-order valence-corrected chi connectivity index (χ0v) is 10.0. The average molecular weight is 235 g/mol. The van der Waals surface area contributed by atoms with E-state index in [1.807, 2.05) is 12.1 Å². The van der Waals surface area contributed by atoms with Crippen LogP contribution in [0, 0.1) is 0 Å². The highest BCUT2D eigenvalue weighted by Crippen LogP contribution is 2.24. The van der Waals surface area contributed by atoms with E-state index in [9.17, 15) is 0 Å². The summed E-state index contributed by atoms with van der Waals surface area (Å²) < 4.78 is -0.0337. The molecule has 0 fully saturated rings. The first-order valence-electron chi connectivity index (χ1n) is 4.04. The molecule has 0 bridgehead atoms. The minimum absolute atomic E-state index is 0.0337. The molecule has 0 heterocycles. The lowest BCUT2D eigenvalue weighted by Gasteiger charge is -2.17. The second-order valence-corrected chi connectivity index (χ2v) is 5.85. The van der Waals surface area contributed by atoms with Crippen LogP contribution in [0.15, 0.2) is 18.2 Å². The van der Waals surface area contributed by atoms with Crippen molar-refractivity contribution in [1.82, 2.24) is 0 Å². The third-order valence-corrected chi connectivity index (χ3v) is 2.15. The lowest BCUT2D eigenvalue weighted by atomic mass is 10.0. The number of benzene rings is 1. The van der Waals surface area contributed by atoms with Gasteiger partial charge in [0.1, 0.15) is 0 Å². The van der Waals surface area contributed by atoms with E-state index in [2.05, 4.69) is 26.5 Å². The number of thiol groups is 1. The normalized spacial score (nSPS) is 11.8. The summed E-state index contributed by atoms with van der Waals surface area (Å²) >= 11 is 16.2. The summed E-state index contributed by atoms with van der Waals surface area (Å²) in [5.41, 5.74) is 1.12. The Morgan fingerprint density at radius 2 is 1.62 bits per heavy atom. The van der Waals surface area contributed by atoms with Gasteiger partial charge in [0.25, 0.3) is 0 Å². The number of hydrogen-bond donors (Lipinski definition) is 1. The van der Waals surface area contributed by atoms with E-state index in [0.29, 0.717) is 10.0 Å². The molecule has 0 aliphatic rings. The third-order valence-electron chi connectivity index (χ3n) is 1.56. The average Bonchev–Trinajstić information content (AvgIpc) is 1.78. The Kier molecular flexibility index (Phi) is 3.56. The van der Waals surface area contributed by atoms with Gasteiger partial charge in [0.15, 0.2) is 0 Å². The van der Waals surface area contributed by atoms with Gasteiger partial charge < -0.3 is 0 Å². The summed E-state index contributed by atoms with van der Waals surface area (Å²) in [5, 5.41) is 1.36. The molecule has 0 aliphatic heterocycles. The van der Waals surface area contributed by atoms with Crippen LogP contribution in [0.5, 0.6) is 0 Å². The zero-order valence-electron chi connectivity index (χ0n) is 7.64. The molecular formula is C10H12Cl2S. The minimum Gasteiger partial charge on any atom is -0.173 e. The van der Waals surface area contributed by atoms with E-state index in [4.69, 9.17) is 23.2 Å². The Balaban J connectivity index is 2.90. The van der Waals surface area contributed by atoms with Crippen molar-refractivity contribution in [3.8, 4) is 0 Å². The van der Waals surface area contributed by atoms with Crippen molar-refractivity contribution in [3.05, 3.63) is 33.8 Å². The van der Waals surface area contributed by atoms with Crippen molar-refractivity contribution >= 4 is 35.8 Å². The number of hydrogen-bond acceptors (Lipinski definition) is 1. The van der Waals surface area contributed by atoms with Crippen LogP contribution in [0.2, 0.25) is 10.0 Å². The van der Waals surface area contributed by atoms with Crippen molar-refractivity contribution in [2.75, 3.05) is 0 Å². The lowest BCUT2D eigenvalue weighted by molar-refractivity contribution is 0.715. The number of halogens is 2. The molecule has 1 aromatic rings. The van der Waals surface area contributed by atoms with Crippen LogP contribution in [0.3, 0.4) is 0 Å². The van der Waals surface area contributed by atoms with Gasteiger partial charge in [-0.15, -0.1) is 0 Å². The molecule has 0 aromatic heterocycles. The third kappa shape index (κ3) is 4.26. The highest BCUT2D eigenvalue weighted by atomic mass is 35.5. The quantitative estimate of drug-likeness (QED) is 0.728. The predicted molar refractivity (Wildman–Crippen MR) is 63.2 cm³/mol. The van der Waals surface area contributed by atoms with E-state index in [-0.39, 0.29) is 4.75 Å². The lowest BCUT2D eigenvalue weighted by Crippen LogP contribution is -2.14. The second-order valence-electron chi connectivity index (χ2n) is 3.77. The maximum Gasteiger partial charge on any atom is 0.0423 e. The van der Waals surface area contributed by atoms with Gasteiger partial charge in [-0.1, -0.05) is 37.0 Å². The summed E-state index contributed by atoms with van der Waals surface area (Å²) in [6.45, 7) is 4.12. The van der Waals surface area contributed by atoms with Gasteiger partial charge in [-0.05, 0) is 30.2 Å². The van der Waals surface area contributed by atoms with Gasteiger partial charge >= 0.3 is 0 Å². The smallest absolute Gasteiger partial charge is 0.0423 e. The maximum absolute atomic E-state index is 5.87. The molecule has 0 atom stereocenters. The van der Waals surface area contributed by atoms with E-state index in [1.165, 1.54) is 0 Å². The Morgan fingerprint density at radius 1 is 1.15 bits per heavy atom. The minimum atomic E-state index is -0.0337. The highest BCUT2D eigenvalue weighted by Gasteiger charge is 2.12. The van der Waals surface area contributed by atoms with Gasteiger partial charge in [0.05, 0.1) is 0 Å². The van der Waals surface area contributed by atoms with Gasteiger partial charge in [-0.25, -0.2) is 0 Å². The molecule has 13 heavy (non-hydrogen) atoms. The Bertz CT molecular complexity index is 282. The first-order valence-corrected chi connectivity index (χ1v) is 5.24. The van der Waals surface area contributed by atoms with Crippen molar-refractivity contribution in [2.24, 2.45) is 0 Å². The topological polar surface area (TPSA) is 0 Å². The molecule has 0 aliphatic carbocycles. The summed E-state index contributed by atoms with van der Waals surface area (Å²) in [7, 11) is 0. The summed E-state index contributed by atoms with van der Waals surface area (Å²) in [4.78, 5) is 0. The van der Waals surface area contributed by atoms with Crippen LogP contribution in [0.25, 0.3) is 0 Å². The SMILES string of the molecule is CC(C)(S)Cc1cc(Cl)cc(Cl)c1. The van der Waals surface area contributed by atoms with E-state index in [1.54, 1.807) is 6.07 Å². The molecular weight excluding hydrogens is 223 g/mol. The van der Waals surface area contributed by atoms with Crippen molar-refractivity contribution in [2.45, 2.75) is 25.0 Å². The van der Waals surface area contributed by atoms with Crippen molar-refractivity contribution < 1.29 is 0 Å². The van der Waals surface area contributed by atoms with Crippen LogP contribution in [-0.4, -0.2) is 4.75 Å².